The molecule has 1 atom stereocenters. The van der Waals surface area contributed by atoms with Crippen LogP contribution in [0, 0.1) is 11.3 Å². The monoisotopic (exact) mass is 361 g/mol. The number of hydrogen-bond donors (Lipinski definition) is 1. The van der Waals surface area contributed by atoms with Gasteiger partial charge in [-0.2, -0.15) is 5.26 Å². The van der Waals surface area contributed by atoms with Crippen molar-refractivity contribution in [1.82, 2.24) is 5.32 Å². The van der Waals surface area contributed by atoms with E-state index < -0.39 is 0 Å². The molecule has 0 spiro atoms. The molecule has 2 aliphatic heterocycles. The van der Waals surface area contributed by atoms with Crippen LogP contribution in [0.5, 0.6) is 0 Å². The van der Waals surface area contributed by atoms with Crippen LogP contribution in [0.1, 0.15) is 31.2 Å². The third kappa shape index (κ3) is 4.16. The summed E-state index contributed by atoms with van der Waals surface area (Å²) in [4.78, 5) is 2.38. The van der Waals surface area contributed by atoms with Gasteiger partial charge in [0.15, 0.2) is 0 Å². The number of piperidine rings is 1. The van der Waals surface area contributed by atoms with Crippen LogP contribution in [-0.2, 0) is 4.74 Å². The summed E-state index contributed by atoms with van der Waals surface area (Å²) in [7, 11) is 0. The lowest BCUT2D eigenvalue weighted by molar-refractivity contribution is 0.0650. The van der Waals surface area contributed by atoms with Gasteiger partial charge in [-0.3, -0.25) is 0 Å². The first-order chi connectivity index (χ1) is 13.3. The number of hydrogen-bond acceptors (Lipinski definition) is 4. The van der Waals surface area contributed by atoms with Crippen LogP contribution < -0.4 is 10.2 Å². The van der Waals surface area contributed by atoms with E-state index in [1.807, 2.05) is 18.2 Å². The molecule has 0 amide bonds. The zero-order chi connectivity index (χ0) is 18.5. The van der Waals surface area contributed by atoms with E-state index in [2.05, 4.69) is 46.6 Å². The predicted octanol–water partition coefficient (Wildman–Crippen LogP) is 3.96. The average molecular weight is 361 g/mol. The van der Waals surface area contributed by atoms with Crippen molar-refractivity contribution >= 4 is 5.69 Å². The molecule has 2 fully saturated rings. The minimum Gasteiger partial charge on any atom is -0.380 e. The van der Waals surface area contributed by atoms with E-state index in [0.717, 1.165) is 67.9 Å². The minimum absolute atomic E-state index is 0.506. The molecule has 27 heavy (non-hydrogen) atoms. The fourth-order valence-corrected chi connectivity index (χ4v) is 4.27. The van der Waals surface area contributed by atoms with Crippen molar-refractivity contribution in [3.8, 4) is 17.2 Å². The molecule has 0 radical (unpaired) electrons. The highest BCUT2D eigenvalue weighted by molar-refractivity contribution is 5.78. The zero-order valence-corrected chi connectivity index (χ0v) is 15.7. The summed E-state index contributed by atoms with van der Waals surface area (Å²) in [5, 5.41) is 13.6. The fraction of sp³-hybridized carbons (Fsp3) is 0.435. The smallest absolute Gasteiger partial charge is 0.102 e. The Bertz CT molecular complexity index is 785. The van der Waals surface area contributed by atoms with E-state index in [1.54, 1.807) is 0 Å². The standard InChI is InChI=1S/C23H27N3O/c24-16-22-21(18-6-2-1-3-7-18)9-4-10-23(22)26-13-11-19(12-14-26)25-20-8-5-15-27-17-20/h1-4,6-7,9-10,19-20,25H,5,8,11-15,17H2. The van der Waals surface area contributed by atoms with Gasteiger partial charge >= 0.3 is 0 Å². The molecule has 2 aromatic carbocycles. The first-order valence-corrected chi connectivity index (χ1v) is 10.0. The number of nitrogens with one attached hydrogen (secondary N) is 1. The second-order valence-corrected chi connectivity index (χ2v) is 7.52. The van der Waals surface area contributed by atoms with Crippen LogP contribution in [0.25, 0.3) is 11.1 Å². The summed E-state index contributed by atoms with van der Waals surface area (Å²) < 4.78 is 5.59. The lowest BCUT2D eigenvalue weighted by atomic mass is 9.96. The van der Waals surface area contributed by atoms with Crippen molar-refractivity contribution in [3.63, 3.8) is 0 Å². The fourth-order valence-electron chi connectivity index (χ4n) is 4.27. The van der Waals surface area contributed by atoms with Crippen molar-refractivity contribution in [1.29, 1.82) is 5.26 Å². The highest BCUT2D eigenvalue weighted by Crippen LogP contribution is 2.32. The molecular formula is C23H27N3O. The Morgan fingerprint density at radius 3 is 2.48 bits per heavy atom. The van der Waals surface area contributed by atoms with E-state index in [-0.39, 0.29) is 0 Å². The maximum absolute atomic E-state index is 9.86. The van der Waals surface area contributed by atoms with E-state index in [9.17, 15) is 5.26 Å². The lowest BCUT2D eigenvalue weighted by Gasteiger charge is -2.37. The van der Waals surface area contributed by atoms with Crippen LogP contribution in [0.4, 0.5) is 5.69 Å². The maximum Gasteiger partial charge on any atom is 0.102 e. The Labute approximate surface area is 161 Å². The summed E-state index contributed by atoms with van der Waals surface area (Å²) in [5.41, 5.74) is 3.98. The number of nitrogens with zero attached hydrogens (tertiary/aromatic N) is 2. The predicted molar refractivity (Wildman–Crippen MR) is 109 cm³/mol. The normalized spacial score (nSPS) is 21.0. The molecule has 4 rings (SSSR count). The van der Waals surface area contributed by atoms with Crippen molar-refractivity contribution < 1.29 is 4.74 Å². The van der Waals surface area contributed by atoms with Crippen LogP contribution in [-0.4, -0.2) is 38.4 Å². The molecule has 4 heteroatoms. The Kier molecular flexibility index (Phi) is 5.72. The number of benzene rings is 2. The molecule has 2 aliphatic rings. The first-order valence-electron chi connectivity index (χ1n) is 10.0. The first kappa shape index (κ1) is 18.0. The van der Waals surface area contributed by atoms with Crippen molar-refractivity contribution in [2.24, 2.45) is 0 Å². The van der Waals surface area contributed by atoms with Crippen molar-refractivity contribution in [2.45, 2.75) is 37.8 Å². The molecule has 0 bridgehead atoms. The van der Waals surface area contributed by atoms with E-state index in [0.29, 0.717) is 12.1 Å². The SMILES string of the molecule is N#Cc1c(-c2ccccc2)cccc1N1CCC(NC2CCCOC2)CC1. The van der Waals surface area contributed by atoms with Gasteiger partial charge in [-0.1, -0.05) is 42.5 Å². The molecule has 2 saturated heterocycles. The van der Waals surface area contributed by atoms with Gasteiger partial charge in [0.1, 0.15) is 6.07 Å². The van der Waals surface area contributed by atoms with Crippen molar-refractivity contribution in [3.05, 3.63) is 54.1 Å². The molecule has 0 aromatic heterocycles. The van der Waals surface area contributed by atoms with Gasteiger partial charge in [0.05, 0.1) is 17.9 Å². The molecule has 0 aliphatic carbocycles. The summed E-state index contributed by atoms with van der Waals surface area (Å²) >= 11 is 0. The molecule has 1 N–H and O–H groups in total. The molecule has 4 nitrogen and oxygen atoms in total. The van der Waals surface area contributed by atoms with Crippen molar-refractivity contribution in [2.75, 3.05) is 31.2 Å². The van der Waals surface area contributed by atoms with Crippen LogP contribution in [0.2, 0.25) is 0 Å². The Hall–Kier alpha value is -2.35. The molecule has 2 aromatic rings. The van der Waals surface area contributed by atoms with Crippen LogP contribution in [0.15, 0.2) is 48.5 Å². The average Bonchev–Trinajstić information content (AvgIpc) is 2.75. The van der Waals surface area contributed by atoms with Gasteiger partial charge in [0, 0.05) is 37.3 Å². The lowest BCUT2D eigenvalue weighted by Crippen LogP contribution is -2.48. The largest absolute Gasteiger partial charge is 0.380 e. The van der Waals surface area contributed by atoms with Gasteiger partial charge in [0.25, 0.3) is 0 Å². The van der Waals surface area contributed by atoms with E-state index in [4.69, 9.17) is 4.74 Å². The second kappa shape index (κ2) is 8.56. The zero-order valence-electron chi connectivity index (χ0n) is 15.7. The van der Waals surface area contributed by atoms with Gasteiger partial charge in [-0.15, -0.1) is 0 Å². The topological polar surface area (TPSA) is 48.3 Å². The third-order valence-corrected chi connectivity index (χ3v) is 5.71. The third-order valence-electron chi connectivity index (χ3n) is 5.71. The van der Waals surface area contributed by atoms with Crippen LogP contribution >= 0.6 is 0 Å². The Morgan fingerprint density at radius 2 is 1.78 bits per heavy atom. The molecular weight excluding hydrogens is 334 g/mol. The molecule has 0 saturated carbocycles. The number of anilines is 1. The molecule has 140 valence electrons. The second-order valence-electron chi connectivity index (χ2n) is 7.52. The Morgan fingerprint density at radius 1 is 0.963 bits per heavy atom. The number of rotatable bonds is 4. The highest BCUT2D eigenvalue weighted by atomic mass is 16.5. The van der Waals surface area contributed by atoms with Gasteiger partial charge in [-0.25, -0.2) is 0 Å². The Balaban J connectivity index is 1.46. The molecule has 1 unspecified atom stereocenters. The number of ether oxygens (including phenoxy) is 1. The van der Waals surface area contributed by atoms with E-state index in [1.165, 1.54) is 6.42 Å². The highest BCUT2D eigenvalue weighted by Gasteiger charge is 2.25. The van der Waals surface area contributed by atoms with E-state index >= 15 is 0 Å². The summed E-state index contributed by atoms with van der Waals surface area (Å²) in [6.07, 6.45) is 4.60. The summed E-state index contributed by atoms with van der Waals surface area (Å²) in [5.74, 6) is 0. The number of nitriles is 1. The van der Waals surface area contributed by atoms with Crippen LogP contribution in [0.3, 0.4) is 0 Å². The van der Waals surface area contributed by atoms with Gasteiger partial charge in [-0.05, 0) is 37.3 Å². The molecule has 2 heterocycles. The van der Waals surface area contributed by atoms with Gasteiger partial charge < -0.3 is 15.0 Å². The quantitative estimate of drug-likeness (QED) is 0.895. The summed E-state index contributed by atoms with van der Waals surface area (Å²) in [6.45, 7) is 3.72. The maximum atomic E-state index is 9.86. The minimum atomic E-state index is 0.506. The van der Waals surface area contributed by atoms with Gasteiger partial charge in [0.2, 0.25) is 0 Å². The summed E-state index contributed by atoms with van der Waals surface area (Å²) in [6, 6.07) is 19.9.